The Labute approximate surface area is 171 Å². The van der Waals surface area contributed by atoms with Gasteiger partial charge in [0.1, 0.15) is 11.5 Å². The lowest BCUT2D eigenvalue weighted by atomic mass is 9.77. The maximum Gasteiger partial charge on any atom is 0.181 e. The summed E-state index contributed by atoms with van der Waals surface area (Å²) in [6.07, 6.45) is 3.25. The van der Waals surface area contributed by atoms with Crippen LogP contribution in [0.1, 0.15) is 40.7 Å². The number of H-pyrrole nitrogens is 1. The lowest BCUT2D eigenvalue weighted by Crippen LogP contribution is -2.54. The SMILES string of the molecule is CC(C)C[C@]1(O)CN(c2ccc(F)c(-c3[nH]nc4ncccc34)n2)CC[C@@H]1C.[HH].[HH].[HH].[HH].[HH]. The number of anilines is 1. The summed E-state index contributed by atoms with van der Waals surface area (Å²) in [6, 6.07) is 6.75. The number of rotatable bonds is 4. The second-order valence-corrected chi connectivity index (χ2v) is 8.29. The first-order valence-electron chi connectivity index (χ1n) is 9.81. The van der Waals surface area contributed by atoms with Crippen molar-refractivity contribution in [2.24, 2.45) is 11.8 Å². The molecule has 0 amide bonds. The molecule has 2 N–H and O–H groups in total. The van der Waals surface area contributed by atoms with Gasteiger partial charge in [-0.05, 0) is 48.9 Å². The topological polar surface area (TPSA) is 77.9 Å². The monoisotopic (exact) mass is 393 g/mol. The van der Waals surface area contributed by atoms with Crippen molar-refractivity contribution in [3.63, 3.8) is 0 Å². The zero-order chi connectivity index (χ0) is 19.9. The number of pyridine rings is 2. The van der Waals surface area contributed by atoms with E-state index in [0.29, 0.717) is 29.6 Å². The summed E-state index contributed by atoms with van der Waals surface area (Å²) < 4.78 is 14.6. The molecule has 1 aliphatic rings. The zero-order valence-corrected chi connectivity index (χ0v) is 16.5. The van der Waals surface area contributed by atoms with E-state index >= 15 is 0 Å². The van der Waals surface area contributed by atoms with Crippen molar-refractivity contribution < 1.29 is 16.6 Å². The second kappa shape index (κ2) is 7.13. The number of nitrogens with one attached hydrogen (secondary N) is 1. The molecule has 7 heteroatoms. The van der Waals surface area contributed by atoms with Crippen LogP contribution >= 0.6 is 0 Å². The molecule has 0 bridgehead atoms. The molecule has 0 unspecified atom stereocenters. The van der Waals surface area contributed by atoms with Crippen LogP contribution in [0.3, 0.4) is 0 Å². The van der Waals surface area contributed by atoms with Crippen LogP contribution in [0.25, 0.3) is 22.4 Å². The molecule has 6 nitrogen and oxygen atoms in total. The number of nitrogens with zero attached hydrogens (tertiary/aromatic N) is 4. The summed E-state index contributed by atoms with van der Waals surface area (Å²) in [7, 11) is 0. The van der Waals surface area contributed by atoms with Crippen molar-refractivity contribution in [2.75, 3.05) is 18.0 Å². The van der Waals surface area contributed by atoms with Gasteiger partial charge in [-0.25, -0.2) is 14.4 Å². The molecule has 0 radical (unpaired) electrons. The van der Waals surface area contributed by atoms with Gasteiger partial charge in [-0.3, -0.25) is 5.10 Å². The zero-order valence-electron chi connectivity index (χ0n) is 16.5. The quantitative estimate of drug-likeness (QED) is 0.651. The molecule has 4 heterocycles. The summed E-state index contributed by atoms with van der Waals surface area (Å²) in [5, 5.41) is 19.0. The molecule has 0 aromatic carbocycles. The Kier molecular flexibility index (Phi) is 4.79. The Morgan fingerprint density at radius 2 is 2.21 bits per heavy atom. The van der Waals surface area contributed by atoms with Crippen LogP contribution in [-0.2, 0) is 0 Å². The molecule has 1 aliphatic heterocycles. The van der Waals surface area contributed by atoms with Gasteiger partial charge in [-0.1, -0.05) is 20.8 Å². The molecule has 158 valence electrons. The van der Waals surface area contributed by atoms with E-state index in [0.717, 1.165) is 24.8 Å². The fraction of sp³-hybridized carbons (Fsp3) is 0.476. The number of β-amino-alcohol motifs (C(OH)–C–C–N with tert-alkyl or cyclic N) is 1. The molecule has 0 spiro atoms. The highest BCUT2D eigenvalue weighted by atomic mass is 19.1. The summed E-state index contributed by atoms with van der Waals surface area (Å²) >= 11 is 0. The van der Waals surface area contributed by atoms with Gasteiger partial charge in [0.05, 0.1) is 11.3 Å². The fourth-order valence-electron chi connectivity index (χ4n) is 4.17. The van der Waals surface area contributed by atoms with E-state index in [1.807, 2.05) is 6.07 Å². The van der Waals surface area contributed by atoms with Crippen LogP contribution in [0.4, 0.5) is 10.2 Å². The third kappa shape index (κ3) is 3.35. The predicted molar refractivity (Wildman–Crippen MR) is 118 cm³/mol. The van der Waals surface area contributed by atoms with Crippen LogP contribution in [0, 0.1) is 17.7 Å². The first-order valence-corrected chi connectivity index (χ1v) is 9.81. The molecule has 0 aliphatic carbocycles. The molecule has 1 fully saturated rings. The lowest BCUT2D eigenvalue weighted by Gasteiger charge is -2.45. The normalized spacial score (nSPS) is 22.9. The largest absolute Gasteiger partial charge is 0.388 e. The summed E-state index contributed by atoms with van der Waals surface area (Å²) in [5.74, 6) is 0.861. The number of aliphatic hydroxyl groups is 1. The van der Waals surface area contributed by atoms with Crippen LogP contribution in [0.15, 0.2) is 30.5 Å². The van der Waals surface area contributed by atoms with Crippen LogP contribution < -0.4 is 4.90 Å². The number of halogens is 1. The minimum absolute atomic E-state index is 0. The number of aromatic amines is 1. The van der Waals surface area contributed by atoms with Gasteiger partial charge in [-0.2, -0.15) is 5.10 Å². The Balaban J connectivity index is 0. The van der Waals surface area contributed by atoms with E-state index in [9.17, 15) is 9.50 Å². The number of fused-ring (bicyclic) bond motifs is 1. The maximum atomic E-state index is 14.6. The maximum absolute atomic E-state index is 14.6. The van der Waals surface area contributed by atoms with Gasteiger partial charge in [0, 0.05) is 31.8 Å². The van der Waals surface area contributed by atoms with E-state index in [2.05, 4.69) is 45.8 Å². The standard InChI is InChI=1S/C21H26FN5O.5H2/c1-13(2)11-21(28)12-27(10-8-14(21)3)17-7-6-16(22)19(24-17)18-15-5-4-9-23-20(15)26-25-18;;;;;/h4-7,9,13-14,28H,8,10-12H2,1-3H3,(H,23,25,26);5*1H/t14-,21-;;;;;/m0...../s1. The average Bonchev–Trinajstić information content (AvgIpc) is 3.08. The summed E-state index contributed by atoms with van der Waals surface area (Å²) in [4.78, 5) is 10.8. The number of piperidine rings is 1. The average molecular weight is 394 g/mol. The minimum Gasteiger partial charge on any atom is -0.388 e. The third-order valence-corrected chi connectivity index (χ3v) is 5.70. The molecule has 0 saturated carbocycles. The molecule has 2 atom stereocenters. The van der Waals surface area contributed by atoms with Gasteiger partial charge in [0.25, 0.3) is 0 Å². The fourth-order valence-corrected chi connectivity index (χ4v) is 4.17. The van der Waals surface area contributed by atoms with Gasteiger partial charge in [0.2, 0.25) is 0 Å². The second-order valence-electron chi connectivity index (χ2n) is 8.29. The third-order valence-electron chi connectivity index (χ3n) is 5.70. The van der Waals surface area contributed by atoms with E-state index in [4.69, 9.17) is 0 Å². The van der Waals surface area contributed by atoms with Crippen LogP contribution in [0.5, 0.6) is 0 Å². The minimum atomic E-state index is -0.771. The highest BCUT2D eigenvalue weighted by Gasteiger charge is 2.40. The Morgan fingerprint density at radius 1 is 1.39 bits per heavy atom. The number of hydrogen-bond acceptors (Lipinski definition) is 5. The van der Waals surface area contributed by atoms with E-state index < -0.39 is 11.4 Å². The molecule has 3 aromatic rings. The van der Waals surface area contributed by atoms with Gasteiger partial charge in [-0.15, -0.1) is 0 Å². The molecular formula is C21H36FN5O. The first-order chi connectivity index (χ1) is 13.4. The molecule has 28 heavy (non-hydrogen) atoms. The highest BCUT2D eigenvalue weighted by molar-refractivity contribution is 5.89. The molecular weight excluding hydrogens is 357 g/mol. The van der Waals surface area contributed by atoms with Gasteiger partial charge >= 0.3 is 0 Å². The predicted octanol–water partition coefficient (Wildman–Crippen LogP) is 5.01. The van der Waals surface area contributed by atoms with Crippen molar-refractivity contribution in [1.29, 1.82) is 0 Å². The highest BCUT2D eigenvalue weighted by Crippen LogP contribution is 2.35. The van der Waals surface area contributed by atoms with Crippen molar-refractivity contribution >= 4 is 16.9 Å². The Bertz CT molecular complexity index is 1010. The lowest BCUT2D eigenvalue weighted by molar-refractivity contribution is -0.0364. The number of aromatic nitrogens is 4. The van der Waals surface area contributed by atoms with Gasteiger partial charge in [0.15, 0.2) is 11.5 Å². The van der Waals surface area contributed by atoms with E-state index in [1.165, 1.54) is 6.07 Å². The van der Waals surface area contributed by atoms with E-state index in [1.54, 1.807) is 18.3 Å². The summed E-state index contributed by atoms with van der Waals surface area (Å²) in [6.45, 7) is 7.62. The van der Waals surface area contributed by atoms with Gasteiger partial charge < -0.3 is 10.0 Å². The molecule has 1 saturated heterocycles. The molecule has 4 rings (SSSR count). The van der Waals surface area contributed by atoms with Crippen molar-refractivity contribution in [3.8, 4) is 11.4 Å². The number of hydrogen-bond donors (Lipinski definition) is 2. The van der Waals surface area contributed by atoms with Crippen molar-refractivity contribution in [3.05, 3.63) is 36.3 Å². The first kappa shape index (κ1) is 18.8. The molecule has 3 aromatic heterocycles. The van der Waals surface area contributed by atoms with Crippen molar-refractivity contribution in [1.82, 2.24) is 20.2 Å². The Morgan fingerprint density at radius 3 is 3.00 bits per heavy atom. The van der Waals surface area contributed by atoms with Crippen LogP contribution in [0.2, 0.25) is 0 Å². The van der Waals surface area contributed by atoms with Crippen molar-refractivity contribution in [2.45, 2.75) is 39.2 Å². The van der Waals surface area contributed by atoms with Crippen LogP contribution in [-0.4, -0.2) is 44.0 Å². The Hall–Kier alpha value is -2.54. The summed E-state index contributed by atoms with van der Waals surface area (Å²) in [5.41, 5.74) is 0.499. The smallest absolute Gasteiger partial charge is 0.181 e. The van der Waals surface area contributed by atoms with E-state index in [-0.39, 0.29) is 18.7 Å².